The van der Waals surface area contributed by atoms with Crippen molar-refractivity contribution in [3.8, 4) is 28.8 Å². The Balaban J connectivity index is 1.87. The molecule has 0 unspecified atom stereocenters. The van der Waals surface area contributed by atoms with Crippen LogP contribution >= 0.6 is 34.5 Å². The Kier molecular flexibility index (Phi) is 6.42. The van der Waals surface area contributed by atoms with Crippen LogP contribution in [0, 0.1) is 11.3 Å². The van der Waals surface area contributed by atoms with Gasteiger partial charge in [0.05, 0.1) is 35.6 Å². The fourth-order valence-electron chi connectivity index (χ4n) is 2.40. The van der Waals surface area contributed by atoms with E-state index in [2.05, 4.69) is 16.4 Å². The maximum absolute atomic E-state index is 9.56. The highest BCUT2D eigenvalue weighted by atomic mass is 35.5. The highest BCUT2D eigenvalue weighted by molar-refractivity contribution is 7.11. The summed E-state index contributed by atoms with van der Waals surface area (Å²) in [7, 11) is 3.16. The smallest absolute Gasteiger partial charge is 0.142 e. The first kappa shape index (κ1) is 20.0. The largest absolute Gasteiger partial charge is 0.497 e. The minimum atomic E-state index is 0.390. The maximum atomic E-state index is 9.56. The molecule has 0 aliphatic heterocycles. The third kappa shape index (κ3) is 4.39. The van der Waals surface area contributed by atoms with E-state index in [0.29, 0.717) is 37.8 Å². The van der Waals surface area contributed by atoms with Crippen LogP contribution in [0.25, 0.3) is 16.8 Å². The van der Waals surface area contributed by atoms with E-state index in [1.807, 2.05) is 11.4 Å². The summed E-state index contributed by atoms with van der Waals surface area (Å²) in [6, 6.07) is 12.8. The summed E-state index contributed by atoms with van der Waals surface area (Å²) in [6.07, 6.45) is 1.59. The molecule has 8 heteroatoms. The Bertz CT molecular complexity index is 1070. The first-order chi connectivity index (χ1) is 13.5. The molecule has 2 aromatic carbocycles. The first-order valence-corrected chi connectivity index (χ1v) is 9.69. The van der Waals surface area contributed by atoms with Crippen molar-refractivity contribution in [3.63, 3.8) is 0 Å². The monoisotopic (exact) mass is 431 g/mol. The van der Waals surface area contributed by atoms with Gasteiger partial charge in [-0.1, -0.05) is 29.3 Å². The number of hydrogen-bond acceptors (Lipinski definition) is 6. The topological polar surface area (TPSA) is 67.2 Å². The van der Waals surface area contributed by atoms with Crippen LogP contribution in [0.1, 0.15) is 5.01 Å². The number of nitriles is 1. The molecule has 0 saturated carbocycles. The number of anilines is 1. The number of halogens is 2. The van der Waals surface area contributed by atoms with Crippen molar-refractivity contribution >= 4 is 45.8 Å². The Morgan fingerprint density at radius 3 is 2.64 bits per heavy atom. The van der Waals surface area contributed by atoms with Crippen LogP contribution in [0.3, 0.4) is 0 Å². The van der Waals surface area contributed by atoms with Gasteiger partial charge in [0.2, 0.25) is 0 Å². The van der Waals surface area contributed by atoms with Gasteiger partial charge >= 0.3 is 0 Å². The van der Waals surface area contributed by atoms with E-state index in [1.54, 1.807) is 50.8 Å². The molecule has 0 radical (unpaired) electrons. The molecule has 0 bridgehead atoms. The standard InChI is InChI=1S/C20H15Cl2N3O2S/c1-26-14-4-6-19(27-2)17(8-14)24-10-13(9-23)20-25-18(11-28-20)12-3-5-15(21)16(22)7-12/h3-8,10-11,24H,1-2H3/b13-10-. The molecule has 0 atom stereocenters. The molecule has 5 nitrogen and oxygen atoms in total. The van der Waals surface area contributed by atoms with Gasteiger partial charge in [0.25, 0.3) is 0 Å². The summed E-state index contributed by atoms with van der Waals surface area (Å²) >= 11 is 13.4. The van der Waals surface area contributed by atoms with Gasteiger partial charge in [-0.15, -0.1) is 11.3 Å². The van der Waals surface area contributed by atoms with Gasteiger partial charge in [-0.2, -0.15) is 5.26 Å². The summed E-state index contributed by atoms with van der Waals surface area (Å²) in [5.41, 5.74) is 2.62. The molecule has 28 heavy (non-hydrogen) atoms. The molecule has 0 saturated heterocycles. The molecule has 1 N–H and O–H groups in total. The number of hydrogen-bond donors (Lipinski definition) is 1. The van der Waals surface area contributed by atoms with Crippen molar-refractivity contribution in [1.82, 2.24) is 4.98 Å². The van der Waals surface area contributed by atoms with Gasteiger partial charge < -0.3 is 14.8 Å². The van der Waals surface area contributed by atoms with E-state index in [1.165, 1.54) is 11.3 Å². The second-order valence-electron chi connectivity index (χ2n) is 5.55. The molecule has 0 aliphatic carbocycles. The zero-order valence-corrected chi connectivity index (χ0v) is 17.3. The number of nitrogens with one attached hydrogen (secondary N) is 1. The fourth-order valence-corrected chi connectivity index (χ4v) is 3.50. The first-order valence-electron chi connectivity index (χ1n) is 8.06. The Labute approximate surface area is 176 Å². The van der Waals surface area contributed by atoms with E-state index in [-0.39, 0.29) is 0 Å². The number of thiazole rings is 1. The Morgan fingerprint density at radius 1 is 1.14 bits per heavy atom. The number of aromatic nitrogens is 1. The van der Waals surface area contributed by atoms with Crippen molar-refractivity contribution in [3.05, 3.63) is 63.0 Å². The second kappa shape index (κ2) is 8.98. The van der Waals surface area contributed by atoms with Gasteiger partial charge in [0.1, 0.15) is 28.1 Å². The predicted octanol–water partition coefficient (Wildman–Crippen LogP) is 6.11. The maximum Gasteiger partial charge on any atom is 0.142 e. The average molecular weight is 432 g/mol. The van der Waals surface area contributed by atoms with Gasteiger partial charge in [-0.3, -0.25) is 0 Å². The highest BCUT2D eigenvalue weighted by Crippen LogP contribution is 2.32. The molecule has 1 aromatic heterocycles. The average Bonchev–Trinajstić information content (AvgIpc) is 3.20. The quantitative estimate of drug-likeness (QED) is 0.476. The summed E-state index contributed by atoms with van der Waals surface area (Å²) in [4.78, 5) is 4.54. The fraction of sp³-hybridized carbons (Fsp3) is 0.100. The van der Waals surface area contributed by atoms with E-state index < -0.39 is 0 Å². The van der Waals surface area contributed by atoms with Crippen LogP contribution in [0.5, 0.6) is 11.5 Å². The summed E-state index contributed by atoms with van der Waals surface area (Å²) in [5, 5.41) is 16.0. The van der Waals surface area contributed by atoms with Crippen molar-refractivity contribution in [2.75, 3.05) is 19.5 Å². The van der Waals surface area contributed by atoms with Gasteiger partial charge in [0, 0.05) is 23.2 Å². The molecule has 1 heterocycles. The lowest BCUT2D eigenvalue weighted by atomic mass is 10.2. The van der Waals surface area contributed by atoms with Crippen molar-refractivity contribution in [2.24, 2.45) is 0 Å². The van der Waals surface area contributed by atoms with Crippen molar-refractivity contribution < 1.29 is 9.47 Å². The number of allylic oxidation sites excluding steroid dienone is 1. The minimum absolute atomic E-state index is 0.390. The molecule has 142 valence electrons. The molecule has 3 aromatic rings. The van der Waals surface area contributed by atoms with Crippen LogP contribution in [-0.2, 0) is 0 Å². The van der Waals surface area contributed by atoms with E-state index in [4.69, 9.17) is 32.7 Å². The van der Waals surface area contributed by atoms with Crippen LogP contribution < -0.4 is 14.8 Å². The third-order valence-electron chi connectivity index (χ3n) is 3.85. The molecule has 0 spiro atoms. The van der Waals surface area contributed by atoms with Gasteiger partial charge in [-0.25, -0.2) is 4.98 Å². The van der Waals surface area contributed by atoms with Crippen LogP contribution in [0.4, 0.5) is 5.69 Å². The summed E-state index contributed by atoms with van der Waals surface area (Å²) in [5.74, 6) is 1.30. The van der Waals surface area contributed by atoms with Crippen LogP contribution in [0.2, 0.25) is 10.0 Å². The SMILES string of the molecule is COc1ccc(OC)c(N/C=C(/C#N)c2nc(-c3ccc(Cl)c(Cl)c3)cs2)c1. The molecule has 0 aliphatic rings. The molecular weight excluding hydrogens is 417 g/mol. The number of nitrogens with zero attached hydrogens (tertiary/aromatic N) is 2. The lowest BCUT2D eigenvalue weighted by Gasteiger charge is -2.10. The third-order valence-corrected chi connectivity index (χ3v) is 5.46. The number of methoxy groups -OCH3 is 2. The zero-order chi connectivity index (χ0) is 20.1. The highest BCUT2D eigenvalue weighted by Gasteiger charge is 2.11. The van der Waals surface area contributed by atoms with Gasteiger partial charge in [0.15, 0.2) is 0 Å². The Morgan fingerprint density at radius 2 is 1.96 bits per heavy atom. The predicted molar refractivity (Wildman–Crippen MR) is 114 cm³/mol. The minimum Gasteiger partial charge on any atom is -0.497 e. The summed E-state index contributed by atoms with van der Waals surface area (Å²) < 4.78 is 10.6. The number of benzene rings is 2. The number of rotatable bonds is 6. The second-order valence-corrected chi connectivity index (χ2v) is 7.22. The lowest BCUT2D eigenvalue weighted by Crippen LogP contribution is -1.96. The molecule has 0 fully saturated rings. The molecule has 0 amide bonds. The normalized spacial score (nSPS) is 11.0. The molecule has 3 rings (SSSR count). The van der Waals surface area contributed by atoms with Crippen LogP contribution in [0.15, 0.2) is 48.0 Å². The Hall–Kier alpha value is -2.72. The van der Waals surface area contributed by atoms with E-state index in [0.717, 1.165) is 11.3 Å². The molecular formula is C20H15Cl2N3O2S. The van der Waals surface area contributed by atoms with E-state index >= 15 is 0 Å². The van der Waals surface area contributed by atoms with E-state index in [9.17, 15) is 5.26 Å². The zero-order valence-electron chi connectivity index (χ0n) is 15.0. The van der Waals surface area contributed by atoms with Crippen molar-refractivity contribution in [1.29, 1.82) is 5.26 Å². The summed E-state index contributed by atoms with van der Waals surface area (Å²) in [6.45, 7) is 0. The number of ether oxygens (including phenoxy) is 2. The van der Waals surface area contributed by atoms with Crippen molar-refractivity contribution in [2.45, 2.75) is 0 Å². The van der Waals surface area contributed by atoms with Gasteiger partial charge in [-0.05, 0) is 24.3 Å². The lowest BCUT2D eigenvalue weighted by molar-refractivity contribution is 0.405. The van der Waals surface area contributed by atoms with Crippen LogP contribution in [-0.4, -0.2) is 19.2 Å².